The Labute approximate surface area is 181 Å². The molecule has 0 spiro atoms. The van der Waals surface area contributed by atoms with Crippen molar-refractivity contribution in [1.82, 2.24) is 9.55 Å². The van der Waals surface area contributed by atoms with Gasteiger partial charge < -0.3 is 5.73 Å². The number of nitrogens with zero attached hydrogens (tertiary/aromatic N) is 2. The lowest BCUT2D eigenvalue weighted by atomic mass is 10.1. The SMILES string of the molecule is C=CCn1c(SCc2ccc(C(N)=O)cc2)nc2sc(-c3ccccc3)cc2c1=O. The Balaban J connectivity index is 1.69. The molecule has 2 N–H and O–H groups in total. The number of nitrogens with two attached hydrogens (primary N) is 1. The number of hydrogen-bond acceptors (Lipinski definition) is 5. The Morgan fingerprint density at radius 2 is 1.90 bits per heavy atom. The molecule has 0 fully saturated rings. The van der Waals surface area contributed by atoms with E-state index >= 15 is 0 Å². The van der Waals surface area contributed by atoms with Crippen molar-refractivity contribution in [2.45, 2.75) is 17.5 Å². The van der Waals surface area contributed by atoms with Crippen molar-refractivity contribution in [3.05, 3.63) is 94.8 Å². The fraction of sp³-hybridized carbons (Fsp3) is 0.0870. The molecular formula is C23H19N3O2S2. The van der Waals surface area contributed by atoms with Crippen LogP contribution in [0.25, 0.3) is 20.7 Å². The number of allylic oxidation sites excluding steroid dienone is 1. The first-order chi connectivity index (χ1) is 14.6. The predicted molar refractivity (Wildman–Crippen MR) is 124 cm³/mol. The standard InChI is InChI=1S/C23H19N3O2S2/c1-2-12-26-22(28)18-13-19(16-6-4-3-5-7-16)30-21(18)25-23(26)29-14-15-8-10-17(11-9-15)20(24)27/h2-11,13H,1,12,14H2,(H2,24,27). The highest BCUT2D eigenvalue weighted by Gasteiger charge is 2.15. The summed E-state index contributed by atoms with van der Waals surface area (Å²) in [7, 11) is 0. The number of fused-ring (bicyclic) bond motifs is 1. The van der Waals surface area contributed by atoms with E-state index < -0.39 is 5.91 Å². The third kappa shape index (κ3) is 4.08. The van der Waals surface area contributed by atoms with Gasteiger partial charge >= 0.3 is 0 Å². The molecule has 1 amide bonds. The van der Waals surface area contributed by atoms with E-state index in [1.807, 2.05) is 48.5 Å². The van der Waals surface area contributed by atoms with Crippen LogP contribution in [0.2, 0.25) is 0 Å². The number of thioether (sulfide) groups is 1. The maximum atomic E-state index is 13.1. The molecule has 0 aliphatic rings. The van der Waals surface area contributed by atoms with Gasteiger partial charge in [0.2, 0.25) is 5.91 Å². The topological polar surface area (TPSA) is 78.0 Å². The number of hydrogen-bond donors (Lipinski definition) is 1. The summed E-state index contributed by atoms with van der Waals surface area (Å²) in [5.41, 5.74) is 7.78. The van der Waals surface area contributed by atoms with Crippen LogP contribution in [0.5, 0.6) is 0 Å². The first kappa shape index (κ1) is 20.1. The highest BCUT2D eigenvalue weighted by atomic mass is 32.2. The number of benzene rings is 2. The Morgan fingerprint density at radius 3 is 2.57 bits per heavy atom. The molecule has 4 rings (SSSR count). The molecule has 2 aromatic heterocycles. The summed E-state index contributed by atoms with van der Waals surface area (Å²) in [5.74, 6) is 0.165. The molecule has 5 nitrogen and oxygen atoms in total. The van der Waals surface area contributed by atoms with Gasteiger partial charge in [0.05, 0.1) is 5.39 Å². The quantitative estimate of drug-likeness (QED) is 0.260. The highest BCUT2D eigenvalue weighted by molar-refractivity contribution is 7.98. The van der Waals surface area contributed by atoms with Crippen LogP contribution in [0.1, 0.15) is 15.9 Å². The van der Waals surface area contributed by atoms with Crippen LogP contribution >= 0.6 is 23.1 Å². The fourth-order valence-corrected chi connectivity index (χ4v) is 5.10. The number of rotatable bonds is 7. The van der Waals surface area contributed by atoms with Crippen LogP contribution in [-0.4, -0.2) is 15.5 Å². The lowest BCUT2D eigenvalue weighted by molar-refractivity contribution is 0.100. The normalized spacial score (nSPS) is 10.9. The van der Waals surface area contributed by atoms with Crippen LogP contribution in [0.15, 0.2) is 83.3 Å². The Kier molecular flexibility index (Phi) is 5.83. The lowest BCUT2D eigenvalue weighted by Gasteiger charge is -2.10. The van der Waals surface area contributed by atoms with Crippen LogP contribution in [0, 0.1) is 0 Å². The first-order valence-corrected chi connectivity index (χ1v) is 11.1. The summed E-state index contributed by atoms with van der Waals surface area (Å²) in [5, 5.41) is 1.27. The summed E-state index contributed by atoms with van der Waals surface area (Å²) < 4.78 is 1.65. The lowest BCUT2D eigenvalue weighted by Crippen LogP contribution is -2.22. The third-order valence-corrected chi connectivity index (χ3v) is 6.72. The number of amides is 1. The second kappa shape index (κ2) is 8.69. The van der Waals surface area contributed by atoms with Crippen molar-refractivity contribution in [1.29, 1.82) is 0 Å². The molecule has 0 bridgehead atoms. The summed E-state index contributed by atoms with van der Waals surface area (Å²) in [4.78, 5) is 30.9. The van der Waals surface area contributed by atoms with Gasteiger partial charge in [0.1, 0.15) is 4.83 Å². The number of primary amides is 1. The van der Waals surface area contributed by atoms with Gasteiger partial charge in [-0.25, -0.2) is 4.98 Å². The monoisotopic (exact) mass is 433 g/mol. The van der Waals surface area contributed by atoms with Crippen molar-refractivity contribution in [2.24, 2.45) is 5.73 Å². The summed E-state index contributed by atoms with van der Waals surface area (Å²) in [6.45, 7) is 4.17. The number of carbonyl (C=O) groups excluding carboxylic acids is 1. The molecule has 0 saturated carbocycles. The minimum atomic E-state index is -0.451. The average Bonchev–Trinajstić information content (AvgIpc) is 3.20. The Bertz CT molecular complexity index is 1280. The van der Waals surface area contributed by atoms with Crippen molar-refractivity contribution < 1.29 is 4.79 Å². The van der Waals surface area contributed by atoms with Gasteiger partial charge in [-0.15, -0.1) is 17.9 Å². The second-order valence-electron chi connectivity index (χ2n) is 6.64. The summed E-state index contributed by atoms with van der Waals surface area (Å²) in [6.07, 6.45) is 1.70. The van der Waals surface area contributed by atoms with Gasteiger partial charge in [0.15, 0.2) is 5.16 Å². The van der Waals surface area contributed by atoms with Gasteiger partial charge in [-0.3, -0.25) is 14.2 Å². The maximum absolute atomic E-state index is 13.1. The zero-order valence-corrected chi connectivity index (χ0v) is 17.7. The van der Waals surface area contributed by atoms with E-state index in [4.69, 9.17) is 10.7 Å². The van der Waals surface area contributed by atoms with E-state index in [2.05, 4.69) is 6.58 Å². The minimum Gasteiger partial charge on any atom is -0.366 e. The third-order valence-electron chi connectivity index (χ3n) is 4.59. The molecule has 0 aliphatic heterocycles. The van der Waals surface area contributed by atoms with Gasteiger partial charge in [0.25, 0.3) is 5.56 Å². The van der Waals surface area contributed by atoms with Gasteiger partial charge in [-0.2, -0.15) is 0 Å². The van der Waals surface area contributed by atoms with Crippen molar-refractivity contribution in [3.63, 3.8) is 0 Å². The second-order valence-corrected chi connectivity index (χ2v) is 8.62. The zero-order valence-electron chi connectivity index (χ0n) is 16.1. The largest absolute Gasteiger partial charge is 0.366 e. The van der Waals surface area contributed by atoms with Crippen LogP contribution in [0.4, 0.5) is 0 Å². The van der Waals surface area contributed by atoms with Gasteiger partial charge in [0, 0.05) is 22.7 Å². The van der Waals surface area contributed by atoms with Crippen molar-refractivity contribution >= 4 is 39.2 Å². The van der Waals surface area contributed by atoms with Crippen LogP contribution < -0.4 is 11.3 Å². The molecule has 2 aromatic carbocycles. The van der Waals surface area contributed by atoms with E-state index in [9.17, 15) is 9.59 Å². The van der Waals surface area contributed by atoms with E-state index in [1.54, 1.807) is 22.8 Å². The number of thiophene rings is 1. The van der Waals surface area contributed by atoms with Crippen LogP contribution in [0.3, 0.4) is 0 Å². The van der Waals surface area contributed by atoms with Gasteiger partial charge in [-0.1, -0.05) is 60.3 Å². The molecule has 30 heavy (non-hydrogen) atoms. The van der Waals surface area contributed by atoms with Crippen molar-refractivity contribution in [2.75, 3.05) is 0 Å². The smallest absolute Gasteiger partial charge is 0.263 e. The Hall–Kier alpha value is -3.16. The maximum Gasteiger partial charge on any atom is 0.263 e. The van der Waals surface area contributed by atoms with Crippen molar-refractivity contribution in [3.8, 4) is 10.4 Å². The molecule has 0 radical (unpaired) electrons. The van der Waals surface area contributed by atoms with Crippen LogP contribution in [-0.2, 0) is 12.3 Å². The number of carbonyl (C=O) groups is 1. The van der Waals surface area contributed by atoms with Gasteiger partial charge in [-0.05, 0) is 29.3 Å². The van der Waals surface area contributed by atoms with E-state index in [0.717, 1.165) is 20.8 Å². The molecule has 7 heteroatoms. The summed E-state index contributed by atoms with van der Waals surface area (Å²) in [6, 6.07) is 19.0. The molecule has 150 valence electrons. The molecule has 0 unspecified atom stereocenters. The Morgan fingerprint density at radius 1 is 1.17 bits per heavy atom. The molecule has 4 aromatic rings. The fourth-order valence-electron chi connectivity index (χ4n) is 3.06. The summed E-state index contributed by atoms with van der Waals surface area (Å²) >= 11 is 3.00. The van der Waals surface area contributed by atoms with E-state index in [-0.39, 0.29) is 5.56 Å². The molecule has 2 heterocycles. The first-order valence-electron chi connectivity index (χ1n) is 9.29. The van der Waals surface area contributed by atoms with E-state index in [0.29, 0.717) is 28.4 Å². The number of aromatic nitrogens is 2. The molecule has 0 atom stereocenters. The molecule has 0 saturated heterocycles. The van der Waals surface area contributed by atoms with E-state index in [1.165, 1.54) is 23.1 Å². The zero-order chi connectivity index (χ0) is 21.1. The minimum absolute atomic E-state index is 0.0649. The highest BCUT2D eigenvalue weighted by Crippen LogP contribution is 2.32. The predicted octanol–water partition coefficient (Wildman–Crippen LogP) is 4.70. The molecular weight excluding hydrogens is 414 g/mol. The average molecular weight is 434 g/mol. The molecule has 0 aliphatic carbocycles.